The molecule has 32 heavy (non-hydrogen) atoms. The number of anilines is 5. The van der Waals surface area contributed by atoms with E-state index in [1.54, 1.807) is 30.5 Å². The van der Waals surface area contributed by atoms with Crippen LogP contribution in [0.1, 0.15) is 19.4 Å². The Labute approximate surface area is 198 Å². The molecule has 3 aromatic rings. The zero-order valence-electron chi connectivity index (χ0n) is 17.5. The SMILES string of the molecule is C=CC(=O)Nc1cc(Nc2nc(Nc3ccc(OC(C)C)nc3)ncc2F)ccc1CI. The second kappa shape index (κ2) is 10.8. The Hall–Kier alpha value is -3.28. The molecule has 2 aromatic heterocycles. The predicted molar refractivity (Wildman–Crippen MR) is 132 cm³/mol. The van der Waals surface area contributed by atoms with E-state index in [9.17, 15) is 9.18 Å². The molecule has 2 heterocycles. The first-order valence-electron chi connectivity index (χ1n) is 9.69. The van der Waals surface area contributed by atoms with Crippen LogP contribution in [0.4, 0.5) is 33.2 Å². The number of carbonyl (C=O) groups excluding carboxylic acids is 1. The van der Waals surface area contributed by atoms with Crippen molar-refractivity contribution in [1.82, 2.24) is 15.0 Å². The van der Waals surface area contributed by atoms with E-state index in [0.29, 0.717) is 27.4 Å². The Kier molecular flexibility index (Phi) is 7.92. The van der Waals surface area contributed by atoms with E-state index in [2.05, 4.69) is 60.1 Å². The molecule has 0 aliphatic carbocycles. The summed E-state index contributed by atoms with van der Waals surface area (Å²) in [6.07, 6.45) is 3.86. The van der Waals surface area contributed by atoms with Crippen LogP contribution in [0, 0.1) is 5.82 Å². The molecule has 0 atom stereocenters. The molecule has 0 bridgehead atoms. The molecule has 0 saturated carbocycles. The van der Waals surface area contributed by atoms with E-state index >= 15 is 0 Å². The van der Waals surface area contributed by atoms with Gasteiger partial charge >= 0.3 is 0 Å². The van der Waals surface area contributed by atoms with E-state index in [4.69, 9.17) is 4.74 Å². The minimum absolute atomic E-state index is 0.0153. The summed E-state index contributed by atoms with van der Waals surface area (Å²) >= 11 is 2.20. The summed E-state index contributed by atoms with van der Waals surface area (Å²) in [4.78, 5) is 24.1. The number of nitrogens with zero attached hydrogens (tertiary/aromatic N) is 3. The van der Waals surface area contributed by atoms with Crippen LogP contribution < -0.4 is 20.7 Å². The first-order valence-corrected chi connectivity index (χ1v) is 11.2. The molecule has 0 radical (unpaired) electrons. The minimum atomic E-state index is -0.621. The van der Waals surface area contributed by atoms with Gasteiger partial charge in [0.05, 0.1) is 24.2 Å². The number of rotatable bonds is 9. The maximum atomic E-state index is 14.4. The summed E-state index contributed by atoms with van der Waals surface area (Å²) in [6, 6.07) is 8.82. The monoisotopic (exact) mass is 548 g/mol. The normalized spacial score (nSPS) is 10.5. The van der Waals surface area contributed by atoms with Gasteiger partial charge in [-0.1, -0.05) is 35.2 Å². The van der Waals surface area contributed by atoms with Crippen LogP contribution in [-0.2, 0) is 9.22 Å². The second-order valence-electron chi connectivity index (χ2n) is 6.89. The molecule has 8 nitrogen and oxygen atoms in total. The van der Waals surface area contributed by atoms with Crippen molar-refractivity contribution in [2.45, 2.75) is 24.4 Å². The number of pyridine rings is 1. The van der Waals surface area contributed by atoms with Crippen LogP contribution in [0.25, 0.3) is 0 Å². The molecule has 0 aliphatic heterocycles. The molecule has 0 saturated heterocycles. The highest BCUT2D eigenvalue weighted by molar-refractivity contribution is 14.1. The van der Waals surface area contributed by atoms with Crippen molar-refractivity contribution in [3.8, 4) is 5.88 Å². The van der Waals surface area contributed by atoms with Crippen molar-refractivity contribution in [3.63, 3.8) is 0 Å². The fourth-order valence-corrected chi connectivity index (χ4v) is 3.28. The Balaban J connectivity index is 1.78. The smallest absolute Gasteiger partial charge is 0.247 e. The fraction of sp³-hybridized carbons (Fsp3) is 0.182. The zero-order chi connectivity index (χ0) is 23.1. The Bertz CT molecular complexity index is 1110. The molecule has 3 N–H and O–H groups in total. The highest BCUT2D eigenvalue weighted by Gasteiger charge is 2.11. The molecule has 0 aliphatic rings. The number of amides is 1. The lowest BCUT2D eigenvalue weighted by Gasteiger charge is -2.13. The summed E-state index contributed by atoms with van der Waals surface area (Å²) in [7, 11) is 0. The molecule has 0 unspecified atom stereocenters. The third-order valence-electron chi connectivity index (χ3n) is 4.05. The molecule has 0 spiro atoms. The van der Waals surface area contributed by atoms with Gasteiger partial charge in [-0.05, 0) is 43.7 Å². The van der Waals surface area contributed by atoms with E-state index in [0.717, 1.165) is 11.8 Å². The van der Waals surface area contributed by atoms with Gasteiger partial charge in [-0.15, -0.1) is 0 Å². The minimum Gasteiger partial charge on any atom is -0.475 e. The molecule has 3 rings (SSSR count). The molecule has 166 valence electrons. The number of carbonyl (C=O) groups is 1. The predicted octanol–water partition coefficient (Wildman–Crippen LogP) is 5.34. The number of hydrogen-bond donors (Lipinski definition) is 3. The standard InChI is InChI=1S/C22H22FIN6O2/c1-4-19(31)29-18-9-15(6-5-14(18)10-24)27-21-17(23)12-26-22(30-21)28-16-7-8-20(25-11-16)32-13(2)3/h4-9,11-13H,1,10H2,2-3H3,(H,29,31)(H2,26,27,28,30). The number of ether oxygens (including phenoxy) is 1. The van der Waals surface area contributed by atoms with Gasteiger partial charge < -0.3 is 20.7 Å². The quantitative estimate of drug-likeness (QED) is 0.189. The second-order valence-corrected chi connectivity index (χ2v) is 7.65. The van der Waals surface area contributed by atoms with Crippen molar-refractivity contribution in [3.05, 3.63) is 66.8 Å². The maximum Gasteiger partial charge on any atom is 0.247 e. The van der Waals surface area contributed by atoms with Crippen molar-refractivity contribution in [1.29, 1.82) is 0 Å². The molecular weight excluding hydrogens is 526 g/mol. The summed E-state index contributed by atoms with van der Waals surface area (Å²) in [5, 5.41) is 8.67. The topological polar surface area (TPSA) is 101 Å². The van der Waals surface area contributed by atoms with Gasteiger partial charge in [-0.3, -0.25) is 4.79 Å². The number of aromatic nitrogens is 3. The van der Waals surface area contributed by atoms with Gasteiger partial charge in [0.2, 0.25) is 17.7 Å². The van der Waals surface area contributed by atoms with Gasteiger partial charge in [0.1, 0.15) is 0 Å². The lowest BCUT2D eigenvalue weighted by atomic mass is 10.1. The van der Waals surface area contributed by atoms with E-state index < -0.39 is 5.82 Å². The number of benzene rings is 1. The molecule has 0 fully saturated rings. The lowest BCUT2D eigenvalue weighted by Crippen LogP contribution is -2.10. The van der Waals surface area contributed by atoms with Gasteiger partial charge in [-0.2, -0.15) is 4.98 Å². The average Bonchev–Trinajstić information content (AvgIpc) is 2.77. The Morgan fingerprint density at radius 1 is 1.19 bits per heavy atom. The molecule has 1 amide bonds. The van der Waals surface area contributed by atoms with Crippen LogP contribution in [0.2, 0.25) is 0 Å². The summed E-state index contributed by atoms with van der Waals surface area (Å²) in [5.74, 6) is -0.270. The van der Waals surface area contributed by atoms with Crippen LogP contribution in [0.5, 0.6) is 5.88 Å². The molecular formula is C22H22FIN6O2. The zero-order valence-corrected chi connectivity index (χ0v) is 19.7. The van der Waals surface area contributed by atoms with E-state index in [1.165, 1.54) is 6.08 Å². The summed E-state index contributed by atoms with van der Waals surface area (Å²) in [6.45, 7) is 7.30. The van der Waals surface area contributed by atoms with Crippen LogP contribution >= 0.6 is 22.6 Å². The van der Waals surface area contributed by atoms with Gasteiger partial charge in [-0.25, -0.2) is 14.4 Å². The average molecular weight is 548 g/mol. The largest absolute Gasteiger partial charge is 0.475 e. The first-order chi connectivity index (χ1) is 15.4. The third kappa shape index (κ3) is 6.36. The van der Waals surface area contributed by atoms with Crippen molar-refractivity contribution >= 4 is 57.3 Å². The Morgan fingerprint density at radius 2 is 1.97 bits per heavy atom. The van der Waals surface area contributed by atoms with Gasteiger partial charge in [0.25, 0.3) is 0 Å². The van der Waals surface area contributed by atoms with Gasteiger partial charge in [0.15, 0.2) is 11.6 Å². The number of hydrogen-bond acceptors (Lipinski definition) is 7. The highest BCUT2D eigenvalue weighted by atomic mass is 127. The van der Waals surface area contributed by atoms with Gasteiger partial charge in [0, 0.05) is 21.9 Å². The Morgan fingerprint density at radius 3 is 2.62 bits per heavy atom. The number of halogens is 2. The first kappa shape index (κ1) is 23.4. The van der Waals surface area contributed by atoms with Crippen LogP contribution in [0.15, 0.2) is 55.4 Å². The summed E-state index contributed by atoms with van der Waals surface area (Å²) in [5.41, 5.74) is 2.71. The van der Waals surface area contributed by atoms with Crippen molar-refractivity contribution in [2.75, 3.05) is 16.0 Å². The van der Waals surface area contributed by atoms with Crippen molar-refractivity contribution < 1.29 is 13.9 Å². The summed E-state index contributed by atoms with van der Waals surface area (Å²) < 4.78 is 20.6. The molecule has 1 aromatic carbocycles. The highest BCUT2D eigenvalue weighted by Crippen LogP contribution is 2.27. The molecule has 10 heteroatoms. The van der Waals surface area contributed by atoms with Crippen molar-refractivity contribution in [2.24, 2.45) is 0 Å². The fourth-order valence-electron chi connectivity index (χ4n) is 2.62. The third-order valence-corrected chi connectivity index (χ3v) is 4.87. The van der Waals surface area contributed by atoms with Crippen LogP contribution in [-0.4, -0.2) is 27.0 Å². The lowest BCUT2D eigenvalue weighted by molar-refractivity contribution is -0.111. The van der Waals surface area contributed by atoms with Crippen LogP contribution in [0.3, 0.4) is 0 Å². The maximum absolute atomic E-state index is 14.4. The number of nitrogens with one attached hydrogen (secondary N) is 3. The number of alkyl halides is 1. The van der Waals surface area contributed by atoms with E-state index in [-0.39, 0.29) is 23.8 Å². The van der Waals surface area contributed by atoms with E-state index in [1.807, 2.05) is 19.9 Å².